The Kier molecular flexibility index (Phi) is 1.82. The van der Waals surface area contributed by atoms with E-state index in [9.17, 15) is 0 Å². The van der Waals surface area contributed by atoms with Crippen molar-refractivity contribution in [2.45, 2.75) is 0 Å². The first kappa shape index (κ1) is 6.95. The maximum atomic E-state index is 3.86. The number of fused-ring (bicyclic) bond motifs is 1. The number of pyridine rings is 1. The molecule has 1 N–H and O–H groups in total. The van der Waals surface area contributed by atoms with E-state index in [1.54, 1.807) is 12.4 Å². The second-order valence-corrected chi connectivity index (χ2v) is 1.70. The van der Waals surface area contributed by atoms with Crippen LogP contribution in [-0.4, -0.2) is 20.4 Å². The number of nitrogens with one attached hydrogen (secondary N) is 1. The van der Waals surface area contributed by atoms with Gasteiger partial charge < -0.3 is 0 Å². The third-order valence-electron chi connectivity index (χ3n) is 1.13. The maximum Gasteiger partial charge on any atom is 0.131 e. The average Bonchev–Trinajstić information content (AvgIpc) is 2.33. The van der Waals surface area contributed by atoms with Crippen LogP contribution in [0.5, 0.6) is 0 Å². The number of aromatic nitrogens is 4. The minimum atomic E-state index is 0. The molecule has 0 saturated heterocycles. The van der Waals surface area contributed by atoms with Crippen LogP contribution in [0.25, 0.3) is 11.0 Å². The highest BCUT2D eigenvalue weighted by atomic mass is 35.5. The molecule has 0 amide bonds. The predicted molar refractivity (Wildman–Crippen MR) is 38.9 cm³/mol. The Morgan fingerprint density at radius 1 is 1.40 bits per heavy atom. The summed E-state index contributed by atoms with van der Waals surface area (Å²) >= 11 is 0. The van der Waals surface area contributed by atoms with Gasteiger partial charge in [-0.3, -0.25) is 10.1 Å². The number of hydrogen-bond acceptors (Lipinski definition) is 3. The standard InChI is InChI=1S/C5H4N4.ClH/c1-2-6-3-5-4(1)7-9-8-5;/h1-3H,(H,7,8,9);1H. The van der Waals surface area contributed by atoms with Crippen LogP contribution in [0.3, 0.4) is 0 Å². The second-order valence-electron chi connectivity index (χ2n) is 1.70. The first-order valence-corrected chi connectivity index (χ1v) is 2.57. The summed E-state index contributed by atoms with van der Waals surface area (Å²) in [5.41, 5.74) is 1.72. The van der Waals surface area contributed by atoms with Crippen molar-refractivity contribution in [1.82, 2.24) is 20.4 Å². The summed E-state index contributed by atoms with van der Waals surface area (Å²) < 4.78 is 0. The van der Waals surface area contributed by atoms with Crippen LogP contribution < -0.4 is 0 Å². The Hall–Kier alpha value is -1.16. The van der Waals surface area contributed by atoms with E-state index in [-0.39, 0.29) is 12.4 Å². The van der Waals surface area contributed by atoms with Gasteiger partial charge in [0.15, 0.2) is 0 Å². The first-order chi connectivity index (χ1) is 4.47. The van der Waals surface area contributed by atoms with Crippen molar-refractivity contribution in [1.29, 1.82) is 0 Å². The Bertz CT molecular complexity index is 288. The van der Waals surface area contributed by atoms with Gasteiger partial charge in [-0.15, -0.1) is 17.5 Å². The van der Waals surface area contributed by atoms with E-state index in [1.165, 1.54) is 0 Å². The molecule has 0 saturated carbocycles. The normalized spacial score (nSPS) is 9.20. The quantitative estimate of drug-likeness (QED) is 0.613. The molecular formula is C5H5ClN4. The number of rotatable bonds is 0. The third kappa shape index (κ3) is 0.930. The fraction of sp³-hybridized carbons (Fsp3) is 0. The maximum absolute atomic E-state index is 3.86. The van der Waals surface area contributed by atoms with Gasteiger partial charge >= 0.3 is 0 Å². The molecule has 2 aromatic rings. The van der Waals surface area contributed by atoms with E-state index in [0.717, 1.165) is 11.0 Å². The van der Waals surface area contributed by atoms with Crippen LogP contribution >= 0.6 is 12.4 Å². The lowest BCUT2D eigenvalue weighted by Gasteiger charge is -1.78. The summed E-state index contributed by atoms with van der Waals surface area (Å²) in [6.45, 7) is 0. The lowest BCUT2D eigenvalue weighted by Crippen LogP contribution is -1.69. The molecule has 0 aliphatic heterocycles. The zero-order valence-corrected chi connectivity index (χ0v) is 5.80. The van der Waals surface area contributed by atoms with Gasteiger partial charge in [0.1, 0.15) is 5.52 Å². The summed E-state index contributed by atoms with van der Waals surface area (Å²) in [5, 5.41) is 10.1. The number of H-pyrrole nitrogens is 1. The van der Waals surface area contributed by atoms with Gasteiger partial charge in [-0.05, 0) is 6.07 Å². The zero-order valence-electron chi connectivity index (χ0n) is 4.98. The summed E-state index contributed by atoms with van der Waals surface area (Å²) in [5.74, 6) is 0. The predicted octanol–water partition coefficient (Wildman–Crippen LogP) is 0.775. The molecule has 2 rings (SSSR count). The molecule has 0 aliphatic carbocycles. The fourth-order valence-corrected chi connectivity index (χ4v) is 0.693. The molecule has 0 atom stereocenters. The van der Waals surface area contributed by atoms with Crippen molar-refractivity contribution < 1.29 is 0 Å². The zero-order chi connectivity index (χ0) is 6.10. The molecular weight excluding hydrogens is 152 g/mol. The highest BCUT2D eigenvalue weighted by Gasteiger charge is 1.91. The van der Waals surface area contributed by atoms with Crippen LogP contribution in [-0.2, 0) is 0 Å². The molecule has 4 nitrogen and oxygen atoms in total. The van der Waals surface area contributed by atoms with Gasteiger partial charge in [-0.25, -0.2) is 0 Å². The summed E-state index contributed by atoms with van der Waals surface area (Å²) in [7, 11) is 0. The van der Waals surface area contributed by atoms with Gasteiger partial charge in [-0.1, -0.05) is 5.21 Å². The van der Waals surface area contributed by atoms with Gasteiger partial charge in [0, 0.05) is 6.20 Å². The van der Waals surface area contributed by atoms with Crippen molar-refractivity contribution in [3.63, 3.8) is 0 Å². The van der Waals surface area contributed by atoms with Gasteiger partial charge in [0.05, 0.1) is 11.7 Å². The smallest absolute Gasteiger partial charge is 0.131 e. The van der Waals surface area contributed by atoms with Gasteiger partial charge in [0.25, 0.3) is 0 Å². The molecule has 0 fully saturated rings. The van der Waals surface area contributed by atoms with Crippen molar-refractivity contribution in [2.75, 3.05) is 0 Å². The number of hydrogen-bond donors (Lipinski definition) is 1. The Morgan fingerprint density at radius 2 is 2.30 bits per heavy atom. The van der Waals surface area contributed by atoms with Crippen LogP contribution in [0, 0.1) is 0 Å². The molecule has 0 spiro atoms. The SMILES string of the molecule is Cl.c1cc2[nH]nnc2cn1. The third-order valence-corrected chi connectivity index (χ3v) is 1.13. The van der Waals surface area contributed by atoms with Crippen LogP contribution in [0.4, 0.5) is 0 Å². The van der Waals surface area contributed by atoms with Crippen molar-refractivity contribution in [3.05, 3.63) is 18.5 Å². The van der Waals surface area contributed by atoms with E-state index in [0.29, 0.717) is 0 Å². The minimum Gasteiger partial charge on any atom is -0.262 e. The Labute approximate surface area is 63.1 Å². The lowest BCUT2D eigenvalue weighted by molar-refractivity contribution is 0.959. The Morgan fingerprint density at radius 3 is 3.10 bits per heavy atom. The van der Waals surface area contributed by atoms with Crippen LogP contribution in [0.15, 0.2) is 18.5 Å². The topological polar surface area (TPSA) is 54.5 Å². The van der Waals surface area contributed by atoms with E-state index >= 15 is 0 Å². The summed E-state index contributed by atoms with van der Waals surface area (Å²) in [6.07, 6.45) is 3.36. The van der Waals surface area contributed by atoms with E-state index < -0.39 is 0 Å². The minimum absolute atomic E-state index is 0. The van der Waals surface area contributed by atoms with Gasteiger partial charge in [0.2, 0.25) is 0 Å². The largest absolute Gasteiger partial charge is 0.262 e. The molecule has 0 aliphatic rings. The molecule has 5 heteroatoms. The van der Waals surface area contributed by atoms with Crippen LogP contribution in [0.2, 0.25) is 0 Å². The summed E-state index contributed by atoms with van der Waals surface area (Å²) in [6, 6.07) is 1.83. The molecule has 0 aromatic carbocycles. The summed E-state index contributed by atoms with van der Waals surface area (Å²) in [4.78, 5) is 3.86. The first-order valence-electron chi connectivity index (χ1n) is 2.57. The van der Waals surface area contributed by atoms with Crippen molar-refractivity contribution in [3.8, 4) is 0 Å². The van der Waals surface area contributed by atoms with E-state index in [1.807, 2.05) is 6.07 Å². The second kappa shape index (κ2) is 2.62. The van der Waals surface area contributed by atoms with E-state index in [2.05, 4.69) is 20.4 Å². The molecule has 0 radical (unpaired) electrons. The number of halogens is 1. The molecule has 2 heterocycles. The molecule has 52 valence electrons. The highest BCUT2D eigenvalue weighted by Crippen LogP contribution is 2.01. The molecule has 0 unspecified atom stereocenters. The van der Waals surface area contributed by atoms with Crippen molar-refractivity contribution >= 4 is 23.4 Å². The average molecular weight is 157 g/mol. The molecule has 0 bridgehead atoms. The van der Waals surface area contributed by atoms with E-state index in [4.69, 9.17) is 0 Å². The number of nitrogens with zero attached hydrogens (tertiary/aromatic N) is 3. The highest BCUT2D eigenvalue weighted by molar-refractivity contribution is 5.85. The molecule has 2 aromatic heterocycles. The van der Waals surface area contributed by atoms with Gasteiger partial charge in [-0.2, -0.15) is 0 Å². The fourth-order valence-electron chi connectivity index (χ4n) is 0.693. The number of aromatic amines is 1. The Balaban J connectivity index is 0.000000500. The lowest BCUT2D eigenvalue weighted by atomic mass is 10.4. The molecule has 10 heavy (non-hydrogen) atoms. The van der Waals surface area contributed by atoms with Crippen molar-refractivity contribution in [2.24, 2.45) is 0 Å². The monoisotopic (exact) mass is 156 g/mol. The van der Waals surface area contributed by atoms with Crippen LogP contribution in [0.1, 0.15) is 0 Å².